The predicted molar refractivity (Wildman–Crippen MR) is 533 cm³/mol. The van der Waals surface area contributed by atoms with Crippen molar-refractivity contribution in [3.8, 4) is 89.0 Å². The highest BCUT2D eigenvalue weighted by molar-refractivity contribution is 5.95. The number of rotatable bonds is 14. The molecule has 128 heavy (non-hydrogen) atoms. The second-order valence-corrected chi connectivity index (χ2v) is 34.8. The fraction of sp³-hybridized carbons (Fsp3) is 0.0476. The van der Waals surface area contributed by atoms with Gasteiger partial charge in [-0.05, 0) is 252 Å². The number of benzene rings is 20. The van der Waals surface area contributed by atoms with Crippen LogP contribution in [-0.4, -0.2) is 0 Å². The van der Waals surface area contributed by atoms with Crippen LogP contribution in [0, 0.1) is 0 Å². The molecule has 0 N–H and O–H groups in total. The molecule has 0 heterocycles. The molecule has 2 heteroatoms. The van der Waals surface area contributed by atoms with E-state index >= 15 is 0 Å². The number of nitrogens with zero attached hydrogens (tertiary/aromatic N) is 2. The van der Waals surface area contributed by atoms with E-state index < -0.39 is 10.8 Å². The van der Waals surface area contributed by atoms with Gasteiger partial charge < -0.3 is 9.80 Å². The van der Waals surface area contributed by atoms with Gasteiger partial charge in [-0.2, -0.15) is 0 Å². The maximum absolute atomic E-state index is 2.45. The summed E-state index contributed by atoms with van der Waals surface area (Å²) in [6, 6.07) is 188. The van der Waals surface area contributed by atoms with E-state index in [1.165, 1.54) is 167 Å². The molecule has 0 atom stereocenters. The second kappa shape index (κ2) is 31.7. The minimum absolute atomic E-state index is 0.113. The zero-order valence-electron chi connectivity index (χ0n) is 71.4. The van der Waals surface area contributed by atoms with Gasteiger partial charge >= 0.3 is 0 Å². The Kier molecular flexibility index (Phi) is 19.0. The van der Waals surface area contributed by atoms with Crippen molar-refractivity contribution in [2.24, 2.45) is 0 Å². The molecule has 24 rings (SSSR count). The van der Waals surface area contributed by atoms with Crippen LogP contribution in [0.25, 0.3) is 89.0 Å². The van der Waals surface area contributed by atoms with Crippen molar-refractivity contribution in [3.05, 3.63) is 587 Å². The predicted octanol–water partition coefficient (Wildman–Crippen LogP) is 32.4. The van der Waals surface area contributed by atoms with Gasteiger partial charge in [-0.15, -0.1) is 0 Å². The van der Waals surface area contributed by atoms with Crippen molar-refractivity contribution in [2.45, 2.75) is 35.5 Å². The molecule has 0 bridgehead atoms. The van der Waals surface area contributed by atoms with Crippen LogP contribution >= 0.6 is 0 Å². The summed E-state index contributed by atoms with van der Waals surface area (Å²) < 4.78 is 0. The third kappa shape index (κ3) is 12.4. The van der Waals surface area contributed by atoms with Gasteiger partial charge in [-0.1, -0.05) is 438 Å². The Morgan fingerprint density at radius 3 is 0.664 bits per heavy atom. The summed E-state index contributed by atoms with van der Waals surface area (Å²) in [5, 5.41) is 0. The Hall–Kier alpha value is -16.0. The Morgan fingerprint density at radius 2 is 0.344 bits per heavy atom. The number of hydrogen-bond donors (Lipinski definition) is 0. The number of hydrogen-bond acceptors (Lipinski definition) is 2. The molecule has 0 radical (unpaired) electrons. The molecule has 20 aromatic carbocycles. The molecular formula is C126H90N2. The maximum atomic E-state index is 2.45. The fourth-order valence-corrected chi connectivity index (χ4v) is 22.1. The molecule has 0 aromatic heterocycles. The van der Waals surface area contributed by atoms with Gasteiger partial charge in [0.15, 0.2) is 0 Å². The molecular weight excluding hydrogens is 1540 g/mol. The fourth-order valence-electron chi connectivity index (χ4n) is 22.1. The highest BCUT2D eigenvalue weighted by atomic mass is 15.1. The van der Waals surface area contributed by atoms with Crippen LogP contribution in [-0.2, 0) is 21.7 Å². The van der Waals surface area contributed by atoms with Crippen LogP contribution in [0.3, 0.4) is 0 Å². The average molecular weight is 1630 g/mol. The summed E-state index contributed by atoms with van der Waals surface area (Å²) in [4.78, 5) is 4.74. The zero-order valence-corrected chi connectivity index (χ0v) is 71.4. The van der Waals surface area contributed by atoms with Gasteiger partial charge in [-0.3, -0.25) is 0 Å². The van der Waals surface area contributed by atoms with E-state index in [-0.39, 0.29) is 10.8 Å². The molecule has 0 saturated heterocycles. The van der Waals surface area contributed by atoms with Crippen molar-refractivity contribution in [1.29, 1.82) is 0 Å². The summed E-state index contributed by atoms with van der Waals surface area (Å²) in [6.07, 6.45) is 0. The molecule has 0 amide bonds. The van der Waals surface area contributed by atoms with Gasteiger partial charge in [0, 0.05) is 39.5 Å². The van der Waals surface area contributed by atoms with E-state index in [1.807, 2.05) is 0 Å². The number of fused-ring (bicyclic) bond motifs is 18. The van der Waals surface area contributed by atoms with Gasteiger partial charge in [0.2, 0.25) is 0 Å². The van der Waals surface area contributed by atoms with Crippen molar-refractivity contribution < 1.29 is 0 Å². The topological polar surface area (TPSA) is 6.48 Å². The van der Waals surface area contributed by atoms with Crippen LogP contribution in [0.15, 0.2) is 510 Å². The normalized spacial score (nSPS) is 13.6. The minimum Gasteiger partial charge on any atom is -0.310 e. The molecule has 604 valence electrons. The standard InChI is InChI=1S/C68H47N.C58H43N/c1-5-20-48(21-6-1)50-36-41-56(42-37-50)69(58-29-19-24-52(46-58)49-22-7-2-8-23-49)57-43-38-51(39-44-57)53-40-45-62-60(47-53)59-30-13-14-31-61(59)68(62)65-34-17-15-32-63(65)67(54-25-9-3-10-26-54,55-27-11-4-12-28-55)64-33-16-18-35-66(64)68;1-57(2)53-24-11-13-26-55(53)58(56-27-14-12-25-54(56)57)51-23-10-9-22-49(51)50-39-45(32-37-52(50)58)43-30-35-47(36-31-43)59(46-33-28-42(29-34-46)40-16-5-3-6-17-40)48-21-15-20-44(38-48)41-18-7-4-8-19-41/h1-47H;3-39H,1-2H3. The molecule has 20 aromatic rings. The lowest BCUT2D eigenvalue weighted by Gasteiger charge is -2.50. The molecule has 0 aliphatic heterocycles. The Bertz CT molecular complexity index is 7390. The van der Waals surface area contributed by atoms with Crippen LogP contribution in [0.2, 0.25) is 0 Å². The first-order chi connectivity index (χ1) is 63.2. The molecule has 0 fully saturated rings. The van der Waals surface area contributed by atoms with Crippen molar-refractivity contribution >= 4 is 34.1 Å². The third-order valence-electron chi connectivity index (χ3n) is 27.8. The Balaban J connectivity index is 0.000000148. The monoisotopic (exact) mass is 1630 g/mol. The zero-order chi connectivity index (χ0) is 85.3. The van der Waals surface area contributed by atoms with Gasteiger partial charge in [-0.25, -0.2) is 0 Å². The van der Waals surface area contributed by atoms with E-state index in [2.05, 4.69) is 533 Å². The van der Waals surface area contributed by atoms with Crippen molar-refractivity contribution in [2.75, 3.05) is 9.80 Å². The lowest BCUT2D eigenvalue weighted by molar-refractivity contribution is 0.563. The second-order valence-electron chi connectivity index (χ2n) is 34.8. The van der Waals surface area contributed by atoms with E-state index in [0.717, 1.165) is 34.1 Å². The highest BCUT2D eigenvalue weighted by Crippen LogP contribution is 2.66. The SMILES string of the molecule is CC1(C)c2ccccc2C2(c3ccccc3-c3cc(-c4ccc(N(c5ccc(-c6ccccc6)cc5)c5cccc(-c6ccccc6)c5)cc4)ccc32)c2ccccc21.c1ccc(-c2ccc(N(c3ccc(-c4ccc5c(c4)-c4ccccc4C54c5ccccc5C(c5ccccc5)(c5ccccc5)c5ccccc54)cc3)c3cccc(-c4ccccc4)c3)cc2)cc1. The smallest absolute Gasteiger partial charge is 0.0720 e. The molecule has 0 saturated carbocycles. The largest absolute Gasteiger partial charge is 0.310 e. The first kappa shape index (κ1) is 76.9. The quantitative estimate of drug-likeness (QED) is 0.107. The van der Waals surface area contributed by atoms with Crippen LogP contribution in [0.4, 0.5) is 34.1 Å². The summed E-state index contributed by atoms with van der Waals surface area (Å²) in [5.74, 6) is 0. The summed E-state index contributed by atoms with van der Waals surface area (Å²) in [7, 11) is 0. The lowest BCUT2D eigenvalue weighted by Crippen LogP contribution is -2.44. The van der Waals surface area contributed by atoms with Crippen LogP contribution in [0.1, 0.15) is 91.7 Å². The maximum Gasteiger partial charge on any atom is 0.0720 e. The minimum atomic E-state index is -0.528. The Labute approximate surface area is 750 Å². The Morgan fingerprint density at radius 1 is 0.133 bits per heavy atom. The van der Waals surface area contributed by atoms with E-state index in [0.29, 0.717) is 0 Å². The molecule has 2 spiro atoms. The summed E-state index contributed by atoms with van der Waals surface area (Å²) in [6.45, 7) is 4.76. The number of anilines is 6. The molecule has 0 unspecified atom stereocenters. The van der Waals surface area contributed by atoms with E-state index in [4.69, 9.17) is 0 Å². The first-order valence-corrected chi connectivity index (χ1v) is 44.7. The molecule has 2 nitrogen and oxygen atoms in total. The van der Waals surface area contributed by atoms with Crippen molar-refractivity contribution in [1.82, 2.24) is 0 Å². The molecule has 4 aliphatic rings. The highest BCUT2D eigenvalue weighted by Gasteiger charge is 2.57. The molecule has 4 aliphatic carbocycles. The average Bonchev–Trinajstić information content (AvgIpc) is 1.43. The van der Waals surface area contributed by atoms with Gasteiger partial charge in [0.1, 0.15) is 0 Å². The van der Waals surface area contributed by atoms with E-state index in [9.17, 15) is 0 Å². The lowest BCUT2D eigenvalue weighted by atomic mass is 9.51. The van der Waals surface area contributed by atoms with Gasteiger partial charge in [0.25, 0.3) is 0 Å². The summed E-state index contributed by atoms with van der Waals surface area (Å²) in [5.41, 5.74) is 43.4. The van der Waals surface area contributed by atoms with Crippen LogP contribution < -0.4 is 9.80 Å². The van der Waals surface area contributed by atoms with Crippen molar-refractivity contribution in [3.63, 3.8) is 0 Å². The van der Waals surface area contributed by atoms with Gasteiger partial charge in [0.05, 0.1) is 16.2 Å². The first-order valence-electron chi connectivity index (χ1n) is 44.7. The van der Waals surface area contributed by atoms with Crippen LogP contribution in [0.5, 0.6) is 0 Å². The van der Waals surface area contributed by atoms with E-state index in [1.54, 1.807) is 0 Å². The summed E-state index contributed by atoms with van der Waals surface area (Å²) >= 11 is 0. The third-order valence-corrected chi connectivity index (χ3v) is 27.8.